The Hall–Kier alpha value is -2.09. The smallest absolute Gasteiger partial charge is 0.410 e. The molecule has 1 aromatic heterocycles. The number of aliphatic hydroxyl groups is 1. The van der Waals surface area contributed by atoms with Gasteiger partial charge in [0.1, 0.15) is 23.6 Å². The van der Waals surface area contributed by atoms with Crippen LogP contribution in [0.2, 0.25) is 0 Å². The predicted octanol–water partition coefficient (Wildman–Crippen LogP) is 0.859. The topological polar surface area (TPSA) is 82.0 Å². The lowest BCUT2D eigenvalue weighted by molar-refractivity contribution is 0.0445. The first-order valence-electron chi connectivity index (χ1n) is 8.99. The van der Waals surface area contributed by atoms with Gasteiger partial charge in [-0.3, -0.25) is 0 Å². The number of anilines is 2. The average molecular weight is 347 g/mol. The summed E-state index contributed by atoms with van der Waals surface area (Å²) in [7, 11) is 1.78. The summed E-state index contributed by atoms with van der Waals surface area (Å²) in [5.74, 6) is 1.78. The molecule has 3 aliphatic heterocycles. The number of rotatable bonds is 2. The summed E-state index contributed by atoms with van der Waals surface area (Å²) in [6, 6.07) is 2.01. The number of aliphatic hydroxyl groups excluding tert-OH is 1. The third-order valence-electron chi connectivity index (χ3n) is 5.43. The first-order valence-corrected chi connectivity index (χ1v) is 8.99. The molecule has 4 rings (SSSR count). The Morgan fingerprint density at radius 2 is 1.88 bits per heavy atom. The van der Waals surface area contributed by atoms with Gasteiger partial charge in [-0.15, -0.1) is 0 Å². The molecule has 0 aliphatic carbocycles. The van der Waals surface area contributed by atoms with Gasteiger partial charge in [0.15, 0.2) is 0 Å². The van der Waals surface area contributed by atoms with Crippen LogP contribution in [0.5, 0.6) is 0 Å². The van der Waals surface area contributed by atoms with Gasteiger partial charge in [-0.2, -0.15) is 0 Å². The maximum Gasteiger partial charge on any atom is 0.410 e. The zero-order valence-corrected chi connectivity index (χ0v) is 14.6. The Bertz CT molecular complexity index is 649. The Morgan fingerprint density at radius 1 is 1.16 bits per heavy atom. The summed E-state index contributed by atoms with van der Waals surface area (Å²) in [6.07, 6.45) is 4.57. The van der Waals surface area contributed by atoms with Crippen molar-refractivity contribution in [3.8, 4) is 0 Å². The summed E-state index contributed by atoms with van der Waals surface area (Å²) in [5.41, 5.74) is -0.426. The summed E-state index contributed by atoms with van der Waals surface area (Å²) >= 11 is 0. The molecule has 3 aliphatic rings. The molecule has 0 bridgehead atoms. The second-order valence-electron chi connectivity index (χ2n) is 7.38. The highest BCUT2D eigenvalue weighted by molar-refractivity contribution is 5.70. The van der Waals surface area contributed by atoms with E-state index in [2.05, 4.69) is 19.8 Å². The summed E-state index contributed by atoms with van der Waals surface area (Å²) < 4.78 is 5.68. The van der Waals surface area contributed by atoms with Crippen LogP contribution in [-0.2, 0) is 4.74 Å². The Balaban J connectivity index is 1.50. The van der Waals surface area contributed by atoms with Crippen LogP contribution in [0.3, 0.4) is 0 Å². The highest BCUT2D eigenvalue weighted by Crippen LogP contribution is 2.33. The van der Waals surface area contributed by atoms with E-state index in [1.54, 1.807) is 18.3 Å². The standard InChI is InChI=1S/C17H25N5O3/c1-20-10-17(25-16(20)24)5-2-6-22(11-17)15-9-14(18-12-19-15)21-7-3-13(23)4-8-21/h9,12-13,23H,2-8,10-11H2,1H3/t17-/m0/s1. The molecule has 0 radical (unpaired) electrons. The van der Waals surface area contributed by atoms with Crippen LogP contribution < -0.4 is 9.80 Å². The van der Waals surface area contributed by atoms with E-state index in [9.17, 15) is 9.90 Å². The number of ether oxygens (including phenoxy) is 1. The zero-order chi connectivity index (χ0) is 17.4. The van der Waals surface area contributed by atoms with E-state index in [0.29, 0.717) is 13.1 Å². The van der Waals surface area contributed by atoms with Gasteiger partial charge in [-0.1, -0.05) is 0 Å². The molecule has 3 saturated heterocycles. The van der Waals surface area contributed by atoms with Gasteiger partial charge >= 0.3 is 6.09 Å². The van der Waals surface area contributed by atoms with Gasteiger partial charge in [0.05, 0.1) is 19.2 Å². The summed E-state index contributed by atoms with van der Waals surface area (Å²) in [5, 5.41) is 9.68. The third kappa shape index (κ3) is 3.22. The van der Waals surface area contributed by atoms with Gasteiger partial charge in [-0.25, -0.2) is 14.8 Å². The SMILES string of the molecule is CN1C[C@]2(CCCN(c3cc(N4CCC(O)CC4)ncn3)C2)OC1=O. The van der Waals surface area contributed by atoms with Crippen molar-refractivity contribution < 1.29 is 14.6 Å². The maximum absolute atomic E-state index is 11.8. The minimum atomic E-state index is -0.426. The number of amides is 1. The van der Waals surface area contributed by atoms with Crippen molar-refractivity contribution in [1.29, 1.82) is 0 Å². The van der Waals surface area contributed by atoms with Crippen molar-refractivity contribution in [1.82, 2.24) is 14.9 Å². The third-order valence-corrected chi connectivity index (χ3v) is 5.43. The first-order chi connectivity index (χ1) is 12.0. The van der Waals surface area contributed by atoms with Crippen LogP contribution in [-0.4, -0.2) is 77.5 Å². The molecule has 3 fully saturated rings. The Labute approximate surface area is 147 Å². The first kappa shape index (κ1) is 16.4. The fourth-order valence-electron chi connectivity index (χ4n) is 4.08. The van der Waals surface area contributed by atoms with Crippen LogP contribution in [0.15, 0.2) is 12.4 Å². The Morgan fingerprint density at radius 3 is 2.56 bits per heavy atom. The van der Waals surface area contributed by atoms with E-state index in [1.165, 1.54) is 0 Å². The van der Waals surface area contributed by atoms with Gasteiger partial charge in [0, 0.05) is 32.7 Å². The highest BCUT2D eigenvalue weighted by atomic mass is 16.6. The molecule has 0 unspecified atom stereocenters. The number of piperidine rings is 2. The minimum Gasteiger partial charge on any atom is -0.439 e. The molecule has 4 heterocycles. The summed E-state index contributed by atoms with van der Waals surface area (Å²) in [4.78, 5) is 26.7. The fraction of sp³-hybridized carbons (Fsp3) is 0.706. The fourth-order valence-corrected chi connectivity index (χ4v) is 4.08. The normalized spacial score (nSPS) is 27.9. The van der Waals surface area contributed by atoms with Crippen LogP contribution in [0, 0.1) is 0 Å². The highest BCUT2D eigenvalue weighted by Gasteiger charge is 2.46. The molecule has 25 heavy (non-hydrogen) atoms. The molecular weight excluding hydrogens is 322 g/mol. The molecule has 8 nitrogen and oxygen atoms in total. The predicted molar refractivity (Wildman–Crippen MR) is 92.8 cm³/mol. The molecule has 1 atom stereocenters. The number of aromatic nitrogens is 2. The molecule has 0 aromatic carbocycles. The molecule has 1 spiro atoms. The van der Waals surface area contributed by atoms with Crippen molar-refractivity contribution in [2.75, 3.05) is 49.6 Å². The second-order valence-corrected chi connectivity index (χ2v) is 7.38. The summed E-state index contributed by atoms with van der Waals surface area (Å²) in [6.45, 7) is 3.81. The van der Waals surface area contributed by atoms with E-state index < -0.39 is 5.60 Å². The van der Waals surface area contributed by atoms with Crippen LogP contribution >= 0.6 is 0 Å². The quantitative estimate of drug-likeness (QED) is 0.849. The van der Waals surface area contributed by atoms with Crippen molar-refractivity contribution >= 4 is 17.7 Å². The number of likely N-dealkylation sites (N-methyl/N-ethyl adjacent to an activating group) is 1. The molecule has 1 aromatic rings. The van der Waals surface area contributed by atoms with E-state index in [0.717, 1.165) is 57.0 Å². The molecule has 1 amide bonds. The largest absolute Gasteiger partial charge is 0.439 e. The van der Waals surface area contributed by atoms with Crippen molar-refractivity contribution in [2.24, 2.45) is 0 Å². The van der Waals surface area contributed by atoms with E-state index in [4.69, 9.17) is 4.74 Å². The molecular formula is C17H25N5O3. The van der Waals surface area contributed by atoms with Crippen LogP contribution in [0.4, 0.5) is 16.4 Å². The lowest BCUT2D eigenvalue weighted by Gasteiger charge is -2.39. The number of carbonyl (C=O) groups excluding carboxylic acids is 1. The van der Waals surface area contributed by atoms with E-state index in [-0.39, 0.29) is 12.2 Å². The number of hydrogen-bond acceptors (Lipinski definition) is 7. The minimum absolute atomic E-state index is 0.200. The lowest BCUT2D eigenvalue weighted by Crippen LogP contribution is -2.51. The van der Waals surface area contributed by atoms with Crippen LogP contribution in [0.1, 0.15) is 25.7 Å². The number of nitrogens with zero attached hydrogens (tertiary/aromatic N) is 5. The number of hydrogen-bond donors (Lipinski definition) is 1. The van der Waals surface area contributed by atoms with Crippen molar-refractivity contribution in [3.63, 3.8) is 0 Å². The average Bonchev–Trinajstić information content (AvgIpc) is 2.89. The molecule has 0 saturated carbocycles. The van der Waals surface area contributed by atoms with E-state index >= 15 is 0 Å². The maximum atomic E-state index is 11.8. The Kier molecular flexibility index (Phi) is 4.15. The van der Waals surface area contributed by atoms with Crippen molar-refractivity contribution in [3.05, 3.63) is 12.4 Å². The van der Waals surface area contributed by atoms with Gasteiger partial charge < -0.3 is 24.5 Å². The molecule has 136 valence electrons. The lowest BCUT2D eigenvalue weighted by atomic mass is 9.93. The molecule has 1 N–H and O–H groups in total. The van der Waals surface area contributed by atoms with Crippen LogP contribution in [0.25, 0.3) is 0 Å². The van der Waals surface area contributed by atoms with Crippen molar-refractivity contribution in [2.45, 2.75) is 37.4 Å². The molecule has 8 heteroatoms. The van der Waals surface area contributed by atoms with Gasteiger partial charge in [-0.05, 0) is 25.7 Å². The van der Waals surface area contributed by atoms with Gasteiger partial charge in [0.25, 0.3) is 0 Å². The monoisotopic (exact) mass is 347 g/mol. The second kappa shape index (κ2) is 6.33. The van der Waals surface area contributed by atoms with E-state index in [1.807, 2.05) is 6.07 Å². The number of carbonyl (C=O) groups is 1. The zero-order valence-electron chi connectivity index (χ0n) is 14.6. The van der Waals surface area contributed by atoms with Gasteiger partial charge in [0.2, 0.25) is 0 Å².